The normalized spacial score (nSPS) is 10.4. The number of carbonyl (C=O) groups is 1. The molecule has 0 bridgehead atoms. The van der Waals surface area contributed by atoms with E-state index < -0.39 is 11.6 Å². The molecule has 1 aromatic carbocycles. The van der Waals surface area contributed by atoms with Gasteiger partial charge in [0.05, 0.1) is 24.8 Å². The van der Waals surface area contributed by atoms with Gasteiger partial charge in [0.2, 0.25) is 0 Å². The van der Waals surface area contributed by atoms with Crippen molar-refractivity contribution in [1.29, 1.82) is 0 Å². The van der Waals surface area contributed by atoms with E-state index in [1.807, 2.05) is 0 Å². The third-order valence-corrected chi connectivity index (χ3v) is 2.69. The van der Waals surface area contributed by atoms with Gasteiger partial charge in [-0.25, -0.2) is 9.59 Å². The molecule has 1 heterocycles. The summed E-state index contributed by atoms with van der Waals surface area (Å²) >= 11 is 5.97. The van der Waals surface area contributed by atoms with Crippen molar-refractivity contribution >= 4 is 28.5 Å². The second-order valence-electron chi connectivity index (χ2n) is 3.46. The lowest BCUT2D eigenvalue weighted by Gasteiger charge is -2.07. The van der Waals surface area contributed by atoms with Crippen molar-refractivity contribution in [3.05, 3.63) is 39.2 Å². The summed E-state index contributed by atoms with van der Waals surface area (Å²) in [4.78, 5) is 23.0. The fourth-order valence-corrected chi connectivity index (χ4v) is 1.84. The van der Waals surface area contributed by atoms with E-state index in [0.717, 1.165) is 6.07 Å². The zero-order valence-corrected chi connectivity index (χ0v) is 10.4. The quantitative estimate of drug-likeness (QED) is 0.617. The standard InChI is InChI=1S/C12H9ClO5/c1-16-6-3-7-8(12(15)17-2)5-10(14)18-11(7)9(13)4-6/h3-5H,1-2H3. The summed E-state index contributed by atoms with van der Waals surface area (Å²) in [5, 5.41) is 0.554. The number of methoxy groups -OCH3 is 2. The first kappa shape index (κ1) is 12.4. The van der Waals surface area contributed by atoms with Crippen LogP contribution in [0.3, 0.4) is 0 Å². The fraction of sp³-hybridized carbons (Fsp3) is 0.167. The third kappa shape index (κ3) is 2.04. The van der Waals surface area contributed by atoms with Crippen LogP contribution >= 0.6 is 11.6 Å². The molecule has 2 rings (SSSR count). The Hall–Kier alpha value is -2.01. The van der Waals surface area contributed by atoms with Gasteiger partial charge in [-0.3, -0.25) is 0 Å². The predicted molar refractivity (Wildman–Crippen MR) is 65.4 cm³/mol. The predicted octanol–water partition coefficient (Wildman–Crippen LogP) is 2.24. The summed E-state index contributed by atoms with van der Waals surface area (Å²) in [6, 6.07) is 4.11. The van der Waals surface area contributed by atoms with E-state index >= 15 is 0 Å². The summed E-state index contributed by atoms with van der Waals surface area (Å²) < 4.78 is 14.6. The second kappa shape index (κ2) is 4.70. The van der Waals surface area contributed by atoms with Crippen LogP contribution in [-0.2, 0) is 4.74 Å². The molecule has 0 N–H and O–H groups in total. The summed E-state index contributed by atoms with van der Waals surface area (Å²) in [6.45, 7) is 0. The summed E-state index contributed by atoms with van der Waals surface area (Å²) in [5.41, 5.74) is -0.454. The maximum atomic E-state index is 11.6. The van der Waals surface area contributed by atoms with Gasteiger partial charge in [0, 0.05) is 17.5 Å². The first-order valence-corrected chi connectivity index (χ1v) is 5.34. The Kier molecular flexibility index (Phi) is 3.25. The number of esters is 1. The molecule has 94 valence electrons. The van der Waals surface area contributed by atoms with Crippen molar-refractivity contribution in [1.82, 2.24) is 0 Å². The summed E-state index contributed by atoms with van der Waals surface area (Å²) in [7, 11) is 2.69. The molecule has 2 aromatic rings. The van der Waals surface area contributed by atoms with Gasteiger partial charge in [-0.15, -0.1) is 0 Å². The van der Waals surface area contributed by atoms with E-state index in [0.29, 0.717) is 11.1 Å². The van der Waals surface area contributed by atoms with Crippen LogP contribution in [0.5, 0.6) is 5.75 Å². The minimum Gasteiger partial charge on any atom is -0.497 e. The van der Waals surface area contributed by atoms with Crippen molar-refractivity contribution in [2.45, 2.75) is 0 Å². The molecule has 0 saturated carbocycles. The number of benzene rings is 1. The number of rotatable bonds is 2. The maximum Gasteiger partial charge on any atom is 0.338 e. The van der Waals surface area contributed by atoms with Crippen LogP contribution in [0.2, 0.25) is 5.02 Å². The van der Waals surface area contributed by atoms with Crippen LogP contribution in [0.25, 0.3) is 11.0 Å². The Morgan fingerprint density at radius 2 is 2.00 bits per heavy atom. The van der Waals surface area contributed by atoms with Gasteiger partial charge in [0.1, 0.15) is 5.75 Å². The highest BCUT2D eigenvalue weighted by molar-refractivity contribution is 6.35. The largest absolute Gasteiger partial charge is 0.497 e. The number of hydrogen-bond acceptors (Lipinski definition) is 5. The highest BCUT2D eigenvalue weighted by Crippen LogP contribution is 2.30. The van der Waals surface area contributed by atoms with E-state index in [1.54, 1.807) is 6.07 Å². The minimum absolute atomic E-state index is 0.0875. The number of halogens is 1. The monoisotopic (exact) mass is 268 g/mol. The van der Waals surface area contributed by atoms with Gasteiger partial charge >= 0.3 is 11.6 Å². The van der Waals surface area contributed by atoms with Crippen molar-refractivity contribution in [2.24, 2.45) is 0 Å². The molecule has 0 aliphatic carbocycles. The second-order valence-corrected chi connectivity index (χ2v) is 3.86. The van der Waals surface area contributed by atoms with E-state index in [2.05, 4.69) is 4.74 Å². The number of fused-ring (bicyclic) bond motifs is 1. The first-order valence-electron chi connectivity index (χ1n) is 4.96. The highest BCUT2D eigenvalue weighted by Gasteiger charge is 2.16. The smallest absolute Gasteiger partial charge is 0.338 e. The van der Waals surface area contributed by atoms with Crippen LogP contribution in [0, 0.1) is 0 Å². The summed E-state index contributed by atoms with van der Waals surface area (Å²) in [5.74, 6) is -0.191. The number of hydrogen-bond donors (Lipinski definition) is 0. The van der Waals surface area contributed by atoms with Crippen LogP contribution in [-0.4, -0.2) is 20.2 Å². The fourth-order valence-electron chi connectivity index (χ4n) is 1.59. The molecule has 0 atom stereocenters. The van der Waals surface area contributed by atoms with Gasteiger partial charge in [-0.2, -0.15) is 0 Å². The molecule has 5 nitrogen and oxygen atoms in total. The first-order chi connectivity index (χ1) is 8.56. The number of ether oxygens (including phenoxy) is 2. The molecular formula is C12H9ClO5. The Bertz CT molecular complexity index is 674. The molecule has 0 aliphatic rings. The molecule has 6 heteroatoms. The lowest BCUT2D eigenvalue weighted by atomic mass is 10.1. The SMILES string of the molecule is COC(=O)c1cc(=O)oc2c(Cl)cc(OC)cc12. The molecule has 0 aliphatic heterocycles. The zero-order chi connectivity index (χ0) is 13.3. The topological polar surface area (TPSA) is 65.7 Å². The average Bonchev–Trinajstić information content (AvgIpc) is 2.37. The minimum atomic E-state index is -0.671. The van der Waals surface area contributed by atoms with E-state index in [-0.39, 0.29) is 16.2 Å². The van der Waals surface area contributed by atoms with Crippen molar-refractivity contribution in [2.75, 3.05) is 14.2 Å². The molecule has 0 amide bonds. The Labute approximate surface area is 107 Å². The average molecular weight is 269 g/mol. The van der Waals surface area contributed by atoms with Crippen molar-refractivity contribution in [3.8, 4) is 5.75 Å². The third-order valence-electron chi connectivity index (χ3n) is 2.41. The Morgan fingerprint density at radius 1 is 1.28 bits per heavy atom. The molecule has 18 heavy (non-hydrogen) atoms. The van der Waals surface area contributed by atoms with Crippen LogP contribution < -0.4 is 10.4 Å². The molecule has 0 fully saturated rings. The van der Waals surface area contributed by atoms with Gasteiger partial charge in [0.15, 0.2) is 5.58 Å². The van der Waals surface area contributed by atoms with Crippen molar-refractivity contribution < 1.29 is 18.7 Å². The van der Waals surface area contributed by atoms with E-state index in [9.17, 15) is 9.59 Å². The molecule has 0 radical (unpaired) electrons. The molecule has 0 saturated heterocycles. The van der Waals surface area contributed by atoms with Gasteiger partial charge in [-0.05, 0) is 6.07 Å². The number of carbonyl (C=O) groups excluding carboxylic acids is 1. The zero-order valence-electron chi connectivity index (χ0n) is 9.65. The molecule has 1 aromatic heterocycles. The summed E-state index contributed by atoms with van der Waals surface area (Å²) in [6.07, 6.45) is 0. The maximum absolute atomic E-state index is 11.6. The van der Waals surface area contributed by atoms with Gasteiger partial charge < -0.3 is 13.9 Å². The van der Waals surface area contributed by atoms with Crippen LogP contribution in [0.4, 0.5) is 0 Å². The van der Waals surface area contributed by atoms with E-state index in [4.69, 9.17) is 20.8 Å². The molecule has 0 spiro atoms. The van der Waals surface area contributed by atoms with Gasteiger partial charge in [-0.1, -0.05) is 11.6 Å². The lowest BCUT2D eigenvalue weighted by Crippen LogP contribution is -2.08. The lowest BCUT2D eigenvalue weighted by molar-refractivity contribution is 0.0602. The molecule has 0 unspecified atom stereocenters. The van der Waals surface area contributed by atoms with Gasteiger partial charge in [0.25, 0.3) is 0 Å². The highest BCUT2D eigenvalue weighted by atomic mass is 35.5. The van der Waals surface area contributed by atoms with Crippen LogP contribution in [0.15, 0.2) is 27.4 Å². The van der Waals surface area contributed by atoms with E-state index in [1.165, 1.54) is 20.3 Å². The van der Waals surface area contributed by atoms with Crippen molar-refractivity contribution in [3.63, 3.8) is 0 Å². The Balaban J connectivity index is 2.88. The van der Waals surface area contributed by atoms with Crippen LogP contribution in [0.1, 0.15) is 10.4 Å². The molecular weight excluding hydrogens is 260 g/mol. The Morgan fingerprint density at radius 3 is 2.61 bits per heavy atom.